The molecule has 1 aliphatic heterocycles. The fourth-order valence-corrected chi connectivity index (χ4v) is 5.15. The molecule has 3 aromatic carbocycles. The molecule has 4 aromatic rings. The summed E-state index contributed by atoms with van der Waals surface area (Å²) in [5.74, 6) is 0.849. The Labute approximate surface area is 203 Å². The van der Waals surface area contributed by atoms with Gasteiger partial charge in [0.25, 0.3) is 0 Å². The number of nitrogens with zero attached hydrogens (tertiary/aromatic N) is 3. The highest BCUT2D eigenvalue weighted by Gasteiger charge is 2.17. The maximum Gasteiger partial charge on any atom is 0.228 e. The number of benzene rings is 3. The van der Waals surface area contributed by atoms with Crippen molar-refractivity contribution in [3.8, 4) is 11.3 Å². The Bertz CT molecular complexity index is 1200. The molecular formula is C30H35N3O. The van der Waals surface area contributed by atoms with Gasteiger partial charge in [-0.25, -0.2) is 0 Å². The van der Waals surface area contributed by atoms with Gasteiger partial charge in [0.15, 0.2) is 0 Å². The maximum atomic E-state index is 5.95. The van der Waals surface area contributed by atoms with E-state index in [0.717, 1.165) is 43.2 Å². The summed E-state index contributed by atoms with van der Waals surface area (Å²) < 4.78 is 5.95. The van der Waals surface area contributed by atoms with Crippen molar-refractivity contribution in [3.63, 3.8) is 0 Å². The van der Waals surface area contributed by atoms with Gasteiger partial charge in [0.2, 0.25) is 5.88 Å². The predicted octanol–water partition coefficient (Wildman–Crippen LogP) is 7.08. The maximum absolute atomic E-state index is 5.95. The van der Waals surface area contributed by atoms with Gasteiger partial charge < -0.3 is 14.3 Å². The molecule has 4 heteroatoms. The zero-order valence-electron chi connectivity index (χ0n) is 20.2. The van der Waals surface area contributed by atoms with Gasteiger partial charge in [-0.15, -0.1) is 0 Å². The van der Waals surface area contributed by atoms with Crippen LogP contribution in [0.4, 0.5) is 5.88 Å². The van der Waals surface area contributed by atoms with E-state index in [0.29, 0.717) is 0 Å². The highest BCUT2D eigenvalue weighted by atomic mass is 16.5. The Balaban J connectivity index is 1.38. The molecule has 0 N–H and O–H groups in total. The minimum absolute atomic E-state index is 0.809. The summed E-state index contributed by atoms with van der Waals surface area (Å²) in [5.41, 5.74) is 4.57. The first-order chi connectivity index (χ1) is 16.8. The van der Waals surface area contributed by atoms with Crippen LogP contribution in [0.2, 0.25) is 0 Å². The number of rotatable bonds is 8. The first-order valence-corrected chi connectivity index (χ1v) is 12.7. The van der Waals surface area contributed by atoms with Gasteiger partial charge in [-0.1, -0.05) is 84.7 Å². The molecule has 34 heavy (non-hydrogen) atoms. The highest BCUT2D eigenvalue weighted by Crippen LogP contribution is 2.29. The Hall–Kier alpha value is -3.11. The second-order valence-corrected chi connectivity index (χ2v) is 9.53. The zero-order chi connectivity index (χ0) is 23.2. The highest BCUT2D eigenvalue weighted by molar-refractivity contribution is 5.85. The summed E-state index contributed by atoms with van der Waals surface area (Å²) in [6.07, 6.45) is 6.54. The molecule has 4 nitrogen and oxygen atoms in total. The monoisotopic (exact) mass is 453 g/mol. The third-order valence-corrected chi connectivity index (χ3v) is 7.07. The van der Waals surface area contributed by atoms with Crippen LogP contribution < -0.4 is 4.90 Å². The van der Waals surface area contributed by atoms with E-state index in [1.807, 2.05) is 0 Å². The normalized spacial score (nSPS) is 14.9. The lowest BCUT2D eigenvalue weighted by Crippen LogP contribution is -2.30. The number of hydrogen-bond donors (Lipinski definition) is 0. The van der Waals surface area contributed by atoms with Gasteiger partial charge in [0.05, 0.1) is 0 Å². The first kappa shape index (κ1) is 22.7. The van der Waals surface area contributed by atoms with E-state index in [4.69, 9.17) is 4.52 Å². The van der Waals surface area contributed by atoms with Crippen molar-refractivity contribution >= 4 is 16.7 Å². The molecule has 0 atom stereocenters. The van der Waals surface area contributed by atoms with Crippen LogP contribution >= 0.6 is 0 Å². The molecule has 0 spiro atoms. The summed E-state index contributed by atoms with van der Waals surface area (Å²) in [6.45, 7) is 7.50. The Morgan fingerprint density at radius 1 is 0.882 bits per heavy atom. The minimum atomic E-state index is 0.809. The van der Waals surface area contributed by atoms with Gasteiger partial charge >= 0.3 is 0 Å². The Morgan fingerprint density at radius 3 is 2.50 bits per heavy atom. The third kappa shape index (κ3) is 5.34. The Kier molecular flexibility index (Phi) is 7.25. The number of anilines is 1. The van der Waals surface area contributed by atoms with Crippen molar-refractivity contribution in [1.82, 2.24) is 10.1 Å². The summed E-state index contributed by atoms with van der Waals surface area (Å²) in [7, 11) is 0. The van der Waals surface area contributed by atoms with Crippen LogP contribution in [0.1, 0.15) is 43.2 Å². The number of aryl methyl sites for hydroxylation is 1. The smallest absolute Gasteiger partial charge is 0.228 e. The van der Waals surface area contributed by atoms with Crippen molar-refractivity contribution in [2.24, 2.45) is 0 Å². The number of fused-ring (bicyclic) bond motifs is 1. The Morgan fingerprint density at radius 2 is 1.65 bits per heavy atom. The lowest BCUT2D eigenvalue weighted by atomic mass is 10.0. The molecule has 0 radical (unpaired) electrons. The average molecular weight is 454 g/mol. The topological polar surface area (TPSA) is 32.5 Å². The van der Waals surface area contributed by atoms with Gasteiger partial charge in [-0.05, 0) is 67.7 Å². The first-order valence-electron chi connectivity index (χ1n) is 12.7. The number of hydrogen-bond acceptors (Lipinski definition) is 4. The molecule has 0 aliphatic carbocycles. The van der Waals surface area contributed by atoms with Crippen LogP contribution in [0, 0.1) is 6.92 Å². The van der Waals surface area contributed by atoms with E-state index in [1.54, 1.807) is 0 Å². The number of likely N-dealkylation sites (tertiary alicyclic amines) is 1. The minimum Gasteiger partial charge on any atom is -0.338 e. The van der Waals surface area contributed by atoms with Crippen molar-refractivity contribution in [3.05, 3.63) is 83.9 Å². The fraction of sp³-hybridized carbons (Fsp3) is 0.367. The van der Waals surface area contributed by atoms with Crippen LogP contribution in [0.25, 0.3) is 22.0 Å². The molecule has 1 aliphatic rings. The largest absolute Gasteiger partial charge is 0.338 e. The average Bonchev–Trinajstić information content (AvgIpc) is 3.20. The zero-order valence-corrected chi connectivity index (χ0v) is 20.2. The molecule has 176 valence electrons. The van der Waals surface area contributed by atoms with Crippen LogP contribution in [0.5, 0.6) is 0 Å². The molecule has 0 unspecified atom stereocenters. The molecule has 0 saturated carbocycles. The van der Waals surface area contributed by atoms with Crippen LogP contribution in [-0.4, -0.2) is 36.2 Å². The lowest BCUT2D eigenvalue weighted by Gasteiger charge is -2.25. The summed E-state index contributed by atoms with van der Waals surface area (Å²) in [4.78, 5) is 5.01. The van der Waals surface area contributed by atoms with E-state index >= 15 is 0 Å². The molecule has 5 rings (SSSR count). The summed E-state index contributed by atoms with van der Waals surface area (Å²) in [6, 6.07) is 25.7. The van der Waals surface area contributed by atoms with E-state index in [-0.39, 0.29) is 0 Å². The lowest BCUT2D eigenvalue weighted by molar-refractivity contribution is 0.281. The second-order valence-electron chi connectivity index (χ2n) is 9.53. The molecule has 1 aromatic heterocycles. The van der Waals surface area contributed by atoms with E-state index in [9.17, 15) is 0 Å². The molecule has 0 amide bonds. The summed E-state index contributed by atoms with van der Waals surface area (Å²) in [5, 5.41) is 7.04. The van der Waals surface area contributed by atoms with Gasteiger partial charge in [0.1, 0.15) is 5.69 Å². The van der Waals surface area contributed by atoms with Crippen molar-refractivity contribution < 1.29 is 4.52 Å². The van der Waals surface area contributed by atoms with Crippen LogP contribution in [-0.2, 0) is 6.54 Å². The quantitative estimate of drug-likeness (QED) is 0.285. The molecular weight excluding hydrogens is 418 g/mol. The van der Waals surface area contributed by atoms with E-state index in [2.05, 4.69) is 94.7 Å². The van der Waals surface area contributed by atoms with E-state index in [1.165, 1.54) is 60.7 Å². The fourth-order valence-electron chi connectivity index (χ4n) is 5.15. The van der Waals surface area contributed by atoms with Gasteiger partial charge in [0, 0.05) is 24.7 Å². The van der Waals surface area contributed by atoms with Crippen molar-refractivity contribution in [2.45, 2.75) is 45.6 Å². The second kappa shape index (κ2) is 10.9. The standard InChI is InChI=1S/C30H35N3O/c1-24-12-4-6-16-27(24)29-22-30(34-31-29)33(21-11-20-32-18-8-2-3-9-19-32)23-26-15-10-14-25-13-5-7-17-28(25)26/h4-7,10,12-17,22H,2-3,8-9,11,18-21,23H2,1H3. The van der Waals surface area contributed by atoms with Crippen molar-refractivity contribution in [1.29, 1.82) is 0 Å². The third-order valence-electron chi connectivity index (χ3n) is 7.07. The van der Waals surface area contributed by atoms with Crippen LogP contribution in [0.3, 0.4) is 0 Å². The van der Waals surface area contributed by atoms with E-state index < -0.39 is 0 Å². The molecule has 1 saturated heterocycles. The van der Waals surface area contributed by atoms with Crippen molar-refractivity contribution in [2.75, 3.05) is 31.1 Å². The van der Waals surface area contributed by atoms with Gasteiger partial charge in [-0.3, -0.25) is 0 Å². The summed E-state index contributed by atoms with van der Waals surface area (Å²) >= 11 is 0. The molecule has 1 fully saturated rings. The van der Waals surface area contributed by atoms with Crippen LogP contribution in [0.15, 0.2) is 77.3 Å². The molecule has 2 heterocycles. The number of aromatic nitrogens is 1. The molecule has 0 bridgehead atoms. The SMILES string of the molecule is Cc1ccccc1-c1cc(N(CCCN2CCCCCC2)Cc2cccc3ccccc23)on1. The van der Waals surface area contributed by atoms with Gasteiger partial charge in [-0.2, -0.15) is 0 Å². The predicted molar refractivity (Wildman–Crippen MR) is 141 cm³/mol.